The molecule has 0 bridgehead atoms. The van der Waals surface area contributed by atoms with Crippen LogP contribution in [0.5, 0.6) is 0 Å². The number of aliphatic hydroxyl groups is 1. The van der Waals surface area contributed by atoms with Gasteiger partial charge in [-0.25, -0.2) is 0 Å². The number of benzene rings is 2. The third kappa shape index (κ3) is 5.60. The third-order valence-corrected chi connectivity index (χ3v) is 6.23. The second-order valence-corrected chi connectivity index (χ2v) is 9.33. The number of hydrogen-bond donors (Lipinski definition) is 1. The first-order chi connectivity index (χ1) is 12.9. The van der Waals surface area contributed by atoms with Crippen molar-refractivity contribution in [3.63, 3.8) is 0 Å². The Bertz CT molecular complexity index is 750. The number of oxime groups is 1. The van der Waals surface area contributed by atoms with E-state index in [1.165, 1.54) is 5.56 Å². The monoisotopic (exact) mass is 383 g/mol. The molecule has 27 heavy (non-hydrogen) atoms. The Morgan fingerprint density at radius 3 is 2.44 bits per heavy atom. The van der Waals surface area contributed by atoms with Crippen LogP contribution < -0.4 is 0 Å². The van der Waals surface area contributed by atoms with E-state index >= 15 is 0 Å². The summed E-state index contributed by atoms with van der Waals surface area (Å²) >= 11 is 1.69. The molecule has 4 heteroatoms. The minimum absolute atomic E-state index is 0.0463. The maximum absolute atomic E-state index is 10.5. The zero-order valence-electron chi connectivity index (χ0n) is 16.4. The summed E-state index contributed by atoms with van der Waals surface area (Å²) in [6.07, 6.45) is 2.26. The lowest BCUT2D eigenvalue weighted by atomic mass is 9.87. The largest absolute Gasteiger partial charge is 0.392 e. The van der Waals surface area contributed by atoms with Crippen molar-refractivity contribution >= 4 is 17.5 Å². The van der Waals surface area contributed by atoms with Gasteiger partial charge >= 0.3 is 0 Å². The fourth-order valence-corrected chi connectivity index (χ4v) is 4.37. The molecule has 1 saturated carbocycles. The molecule has 3 nitrogen and oxygen atoms in total. The Kier molecular flexibility index (Phi) is 6.61. The number of rotatable bonds is 5. The summed E-state index contributed by atoms with van der Waals surface area (Å²) in [5, 5.41) is 14.9. The predicted octanol–water partition coefficient (Wildman–Crippen LogP) is 5.56. The zero-order chi connectivity index (χ0) is 19.3. The lowest BCUT2D eigenvalue weighted by molar-refractivity contribution is 0.122. The summed E-state index contributed by atoms with van der Waals surface area (Å²) in [5.41, 5.74) is 3.51. The van der Waals surface area contributed by atoms with E-state index in [0.717, 1.165) is 35.4 Å². The molecule has 0 saturated heterocycles. The molecule has 1 N–H and O–H groups in total. The van der Waals surface area contributed by atoms with Gasteiger partial charge in [0.15, 0.2) is 0 Å². The van der Waals surface area contributed by atoms with Gasteiger partial charge in [0.2, 0.25) is 0 Å². The first kappa shape index (κ1) is 20.0. The van der Waals surface area contributed by atoms with Crippen molar-refractivity contribution in [1.29, 1.82) is 0 Å². The van der Waals surface area contributed by atoms with E-state index in [4.69, 9.17) is 4.84 Å². The summed E-state index contributed by atoms with van der Waals surface area (Å²) < 4.78 is 0. The molecule has 2 atom stereocenters. The van der Waals surface area contributed by atoms with Crippen molar-refractivity contribution in [2.75, 3.05) is 0 Å². The van der Waals surface area contributed by atoms with Gasteiger partial charge < -0.3 is 9.94 Å². The highest BCUT2D eigenvalue weighted by molar-refractivity contribution is 8.00. The van der Waals surface area contributed by atoms with Gasteiger partial charge in [-0.05, 0) is 47.9 Å². The smallest absolute Gasteiger partial charge is 0.142 e. The van der Waals surface area contributed by atoms with Crippen LogP contribution in [-0.2, 0) is 16.9 Å². The van der Waals surface area contributed by atoms with E-state index in [1.54, 1.807) is 11.8 Å². The van der Waals surface area contributed by atoms with Crippen LogP contribution >= 0.6 is 11.8 Å². The lowest BCUT2D eigenvalue weighted by Crippen LogP contribution is -2.35. The quantitative estimate of drug-likeness (QED) is 0.687. The van der Waals surface area contributed by atoms with Crippen LogP contribution in [-0.4, -0.2) is 22.2 Å². The summed E-state index contributed by atoms with van der Waals surface area (Å²) in [6, 6.07) is 18.7. The van der Waals surface area contributed by atoms with Crippen molar-refractivity contribution in [3.8, 4) is 0 Å². The predicted molar refractivity (Wildman–Crippen MR) is 113 cm³/mol. The topological polar surface area (TPSA) is 41.8 Å². The molecule has 1 aliphatic rings. The van der Waals surface area contributed by atoms with Gasteiger partial charge in [-0.15, -0.1) is 11.8 Å². The second kappa shape index (κ2) is 8.94. The Labute approximate surface area is 166 Å². The van der Waals surface area contributed by atoms with Crippen LogP contribution in [0.25, 0.3) is 0 Å². The summed E-state index contributed by atoms with van der Waals surface area (Å²) in [5.74, 6) is 0. The minimum atomic E-state index is -0.384. The molecule has 0 aliphatic heterocycles. The van der Waals surface area contributed by atoms with Gasteiger partial charge in [-0.2, -0.15) is 0 Å². The van der Waals surface area contributed by atoms with Gasteiger partial charge in [0.05, 0.1) is 17.1 Å². The molecule has 0 amide bonds. The highest BCUT2D eigenvalue weighted by Crippen LogP contribution is 2.34. The fraction of sp³-hybridized carbons (Fsp3) is 0.435. The Balaban J connectivity index is 1.67. The van der Waals surface area contributed by atoms with Crippen molar-refractivity contribution < 1.29 is 9.94 Å². The lowest BCUT2D eigenvalue weighted by Gasteiger charge is -2.28. The molecule has 0 unspecified atom stereocenters. The Hall–Kier alpha value is -1.78. The number of nitrogens with zero attached hydrogens (tertiary/aromatic N) is 1. The van der Waals surface area contributed by atoms with Gasteiger partial charge in [0.1, 0.15) is 6.61 Å². The highest BCUT2D eigenvalue weighted by atomic mass is 32.2. The minimum Gasteiger partial charge on any atom is -0.392 e. The average Bonchev–Trinajstić information content (AvgIpc) is 2.65. The van der Waals surface area contributed by atoms with Gasteiger partial charge in [0, 0.05) is 4.90 Å². The second-order valence-electron chi connectivity index (χ2n) is 8.11. The van der Waals surface area contributed by atoms with E-state index < -0.39 is 0 Å². The van der Waals surface area contributed by atoms with E-state index in [2.05, 4.69) is 50.2 Å². The van der Waals surface area contributed by atoms with Crippen molar-refractivity contribution in [3.05, 3.63) is 65.7 Å². The normalized spacial score (nSPS) is 22.0. The molecule has 2 aromatic carbocycles. The van der Waals surface area contributed by atoms with E-state index in [-0.39, 0.29) is 16.8 Å². The molecule has 0 radical (unpaired) electrons. The van der Waals surface area contributed by atoms with Gasteiger partial charge in [-0.1, -0.05) is 68.4 Å². The molecule has 144 valence electrons. The fourth-order valence-electron chi connectivity index (χ4n) is 3.20. The molecular weight excluding hydrogens is 354 g/mol. The van der Waals surface area contributed by atoms with Gasteiger partial charge in [-0.3, -0.25) is 0 Å². The van der Waals surface area contributed by atoms with Crippen LogP contribution in [0.15, 0.2) is 64.6 Å². The van der Waals surface area contributed by atoms with E-state index in [1.807, 2.05) is 30.3 Å². The first-order valence-corrected chi connectivity index (χ1v) is 10.5. The van der Waals surface area contributed by atoms with Crippen LogP contribution in [0.3, 0.4) is 0 Å². The van der Waals surface area contributed by atoms with Crippen molar-refractivity contribution in [2.24, 2.45) is 5.16 Å². The van der Waals surface area contributed by atoms with Crippen LogP contribution in [0, 0.1) is 0 Å². The van der Waals surface area contributed by atoms with Gasteiger partial charge in [0.25, 0.3) is 0 Å². The molecule has 0 aromatic heterocycles. The summed E-state index contributed by atoms with van der Waals surface area (Å²) in [4.78, 5) is 6.76. The summed E-state index contributed by atoms with van der Waals surface area (Å²) in [6.45, 7) is 7.11. The van der Waals surface area contributed by atoms with Crippen molar-refractivity contribution in [1.82, 2.24) is 0 Å². The molecular formula is C23H29NO2S. The van der Waals surface area contributed by atoms with Crippen LogP contribution in [0.1, 0.15) is 51.2 Å². The zero-order valence-corrected chi connectivity index (χ0v) is 17.2. The maximum Gasteiger partial charge on any atom is 0.142 e. The molecule has 0 heterocycles. The molecule has 0 spiro atoms. The molecule has 1 fully saturated rings. The number of aliphatic hydroxyl groups excluding tert-OH is 1. The highest BCUT2D eigenvalue weighted by Gasteiger charge is 2.30. The Morgan fingerprint density at radius 1 is 1.07 bits per heavy atom. The number of thioether (sulfide) groups is 1. The van der Waals surface area contributed by atoms with Crippen molar-refractivity contribution in [2.45, 2.75) is 68.3 Å². The first-order valence-electron chi connectivity index (χ1n) is 9.61. The molecule has 2 aromatic rings. The average molecular weight is 384 g/mol. The van der Waals surface area contributed by atoms with Crippen LogP contribution in [0.4, 0.5) is 0 Å². The van der Waals surface area contributed by atoms with Crippen LogP contribution in [0.2, 0.25) is 0 Å². The van der Waals surface area contributed by atoms with E-state index in [9.17, 15) is 5.11 Å². The SMILES string of the molecule is CC(C)(C)c1ccc(S[C@H]2/C(=N/OCc3ccccc3)CCC[C@@H]2O)cc1. The maximum atomic E-state index is 10.5. The summed E-state index contributed by atoms with van der Waals surface area (Å²) in [7, 11) is 0. The molecule has 1 aliphatic carbocycles. The third-order valence-electron chi connectivity index (χ3n) is 4.85. The Morgan fingerprint density at radius 2 is 1.78 bits per heavy atom. The standard InChI is InChI=1S/C23H29NO2S/c1-23(2,3)18-12-14-19(15-13-18)27-22-20(10-7-11-21(22)25)24-26-16-17-8-5-4-6-9-17/h4-6,8-9,12-15,21-22,25H,7,10-11,16H2,1-3H3/b24-20+/t21-,22-/m0/s1. The number of hydrogen-bond acceptors (Lipinski definition) is 4. The molecule has 3 rings (SSSR count). The van der Waals surface area contributed by atoms with E-state index in [0.29, 0.717) is 6.61 Å².